The van der Waals surface area contributed by atoms with E-state index in [2.05, 4.69) is 36.2 Å². The average molecular weight is 413 g/mol. The number of carbonyl (C=O) groups is 1. The summed E-state index contributed by atoms with van der Waals surface area (Å²) in [5, 5.41) is 2.83. The van der Waals surface area contributed by atoms with Gasteiger partial charge in [0.25, 0.3) is 0 Å². The van der Waals surface area contributed by atoms with Crippen molar-refractivity contribution in [3.05, 3.63) is 65.7 Å². The van der Waals surface area contributed by atoms with Gasteiger partial charge in [0.2, 0.25) is 0 Å². The van der Waals surface area contributed by atoms with Crippen molar-refractivity contribution in [1.82, 2.24) is 10.2 Å². The lowest BCUT2D eigenvalue weighted by Gasteiger charge is -2.27. The van der Waals surface area contributed by atoms with E-state index in [1.807, 2.05) is 42.5 Å². The minimum atomic E-state index is -0.346. The number of unbranched alkanes of at least 4 members (excludes halogenated alkanes) is 3. The number of carbonyl (C=O) groups excluding carboxylic acids is 1. The van der Waals surface area contributed by atoms with Gasteiger partial charge >= 0.3 is 6.09 Å². The Morgan fingerprint density at radius 2 is 1.67 bits per heavy atom. The lowest BCUT2D eigenvalue weighted by Crippen LogP contribution is -2.31. The molecule has 5 heteroatoms. The van der Waals surface area contributed by atoms with E-state index in [1.54, 1.807) is 7.11 Å². The lowest BCUT2D eigenvalue weighted by molar-refractivity contribution is 0.139. The second-order valence-electron chi connectivity index (χ2n) is 7.78. The van der Waals surface area contributed by atoms with Crippen molar-refractivity contribution >= 4 is 6.09 Å². The summed E-state index contributed by atoms with van der Waals surface area (Å²) in [5.74, 6) is 0.952. The molecule has 0 saturated carbocycles. The van der Waals surface area contributed by atoms with Crippen molar-refractivity contribution in [1.29, 1.82) is 0 Å². The van der Waals surface area contributed by atoms with Crippen LogP contribution in [0.5, 0.6) is 5.75 Å². The van der Waals surface area contributed by atoms with Gasteiger partial charge in [0.05, 0.1) is 7.11 Å². The summed E-state index contributed by atoms with van der Waals surface area (Å²) in [4.78, 5) is 14.2. The molecule has 1 amide bonds. The molecule has 0 unspecified atom stereocenters. The molecule has 0 fully saturated rings. The Hall–Kier alpha value is -2.53. The van der Waals surface area contributed by atoms with E-state index >= 15 is 0 Å². The molecule has 30 heavy (non-hydrogen) atoms. The summed E-state index contributed by atoms with van der Waals surface area (Å²) in [7, 11) is 1.73. The van der Waals surface area contributed by atoms with Gasteiger partial charge in [0.1, 0.15) is 12.4 Å². The molecule has 0 aliphatic carbocycles. The standard InChI is InChI=1S/C25H36N2O3/c1-21(2)27(19-23-15-9-10-16-24(23)29-3)18-12-5-4-11-17-26-25(28)30-20-22-13-7-6-8-14-22/h6-10,13-16,21H,4-5,11-12,17-20H2,1-3H3,(H,26,28). The molecule has 0 spiro atoms. The number of nitrogens with one attached hydrogen (secondary N) is 1. The van der Waals surface area contributed by atoms with Crippen molar-refractivity contribution in [3.8, 4) is 5.75 Å². The maximum Gasteiger partial charge on any atom is 0.407 e. The third kappa shape index (κ3) is 8.87. The van der Waals surface area contributed by atoms with E-state index in [4.69, 9.17) is 9.47 Å². The molecule has 2 aromatic rings. The number of amides is 1. The predicted octanol–water partition coefficient (Wildman–Crippen LogP) is 5.39. The zero-order valence-corrected chi connectivity index (χ0v) is 18.6. The number of benzene rings is 2. The largest absolute Gasteiger partial charge is 0.496 e. The van der Waals surface area contributed by atoms with Crippen LogP contribution in [0.1, 0.15) is 50.7 Å². The Bertz CT molecular complexity index is 734. The van der Waals surface area contributed by atoms with Crippen LogP contribution in [0.15, 0.2) is 54.6 Å². The van der Waals surface area contributed by atoms with Crippen LogP contribution in [0.3, 0.4) is 0 Å². The molecule has 0 heterocycles. The van der Waals surface area contributed by atoms with Gasteiger partial charge in [-0.15, -0.1) is 0 Å². The van der Waals surface area contributed by atoms with Gasteiger partial charge in [-0.25, -0.2) is 4.79 Å². The fraction of sp³-hybridized carbons (Fsp3) is 0.480. The number of alkyl carbamates (subject to hydrolysis) is 1. The summed E-state index contributed by atoms with van der Waals surface area (Å²) in [6.45, 7) is 7.40. The first-order valence-electron chi connectivity index (χ1n) is 10.9. The van der Waals surface area contributed by atoms with Gasteiger partial charge in [-0.1, -0.05) is 61.4 Å². The van der Waals surface area contributed by atoms with Gasteiger partial charge in [-0.05, 0) is 44.9 Å². The van der Waals surface area contributed by atoms with E-state index in [9.17, 15) is 4.79 Å². The Kier molecular flexibility index (Phi) is 10.8. The maximum atomic E-state index is 11.7. The zero-order chi connectivity index (χ0) is 21.6. The SMILES string of the molecule is COc1ccccc1CN(CCCCCCNC(=O)OCc1ccccc1)C(C)C. The van der Waals surface area contributed by atoms with Crippen molar-refractivity contribution in [3.63, 3.8) is 0 Å². The molecular formula is C25H36N2O3. The molecule has 0 radical (unpaired) electrons. The molecule has 0 aliphatic heterocycles. The Morgan fingerprint density at radius 1 is 0.967 bits per heavy atom. The average Bonchev–Trinajstić information content (AvgIpc) is 2.77. The maximum absolute atomic E-state index is 11.7. The lowest BCUT2D eigenvalue weighted by atomic mass is 10.1. The highest BCUT2D eigenvalue weighted by molar-refractivity contribution is 5.67. The van der Waals surface area contributed by atoms with E-state index in [0.29, 0.717) is 19.2 Å². The molecule has 0 saturated heterocycles. The quantitative estimate of drug-likeness (QED) is 0.448. The fourth-order valence-corrected chi connectivity index (χ4v) is 3.33. The number of ether oxygens (including phenoxy) is 2. The summed E-state index contributed by atoms with van der Waals surface area (Å²) in [5.41, 5.74) is 2.22. The van der Waals surface area contributed by atoms with Crippen LogP contribution < -0.4 is 10.1 Å². The second-order valence-corrected chi connectivity index (χ2v) is 7.78. The highest BCUT2D eigenvalue weighted by Crippen LogP contribution is 2.20. The van der Waals surface area contributed by atoms with Crippen LogP contribution in [-0.2, 0) is 17.9 Å². The van der Waals surface area contributed by atoms with Gasteiger partial charge in [0, 0.05) is 24.7 Å². The van der Waals surface area contributed by atoms with Gasteiger partial charge in [-0.3, -0.25) is 4.90 Å². The third-order valence-corrected chi connectivity index (χ3v) is 5.15. The van der Waals surface area contributed by atoms with Crippen LogP contribution in [0.25, 0.3) is 0 Å². The second kappa shape index (κ2) is 13.6. The number of hydrogen-bond donors (Lipinski definition) is 1. The molecule has 0 aromatic heterocycles. The Morgan fingerprint density at radius 3 is 2.40 bits per heavy atom. The predicted molar refractivity (Wildman–Crippen MR) is 122 cm³/mol. The van der Waals surface area contributed by atoms with Crippen molar-refractivity contribution in [2.75, 3.05) is 20.2 Å². The van der Waals surface area contributed by atoms with Crippen LogP contribution in [0, 0.1) is 0 Å². The van der Waals surface area contributed by atoms with E-state index in [-0.39, 0.29) is 6.09 Å². The highest BCUT2D eigenvalue weighted by atomic mass is 16.5. The molecule has 2 aromatic carbocycles. The van der Waals surface area contributed by atoms with Crippen molar-refractivity contribution < 1.29 is 14.3 Å². The van der Waals surface area contributed by atoms with Crippen LogP contribution >= 0.6 is 0 Å². The highest BCUT2D eigenvalue weighted by Gasteiger charge is 2.12. The zero-order valence-electron chi connectivity index (χ0n) is 18.6. The van der Waals surface area contributed by atoms with Crippen LogP contribution in [0.4, 0.5) is 4.79 Å². The minimum absolute atomic E-state index is 0.309. The normalized spacial score (nSPS) is 11.0. The summed E-state index contributed by atoms with van der Waals surface area (Å²) < 4.78 is 10.7. The molecule has 1 N–H and O–H groups in total. The molecule has 5 nitrogen and oxygen atoms in total. The summed E-state index contributed by atoms with van der Waals surface area (Å²) >= 11 is 0. The first-order valence-corrected chi connectivity index (χ1v) is 10.9. The minimum Gasteiger partial charge on any atom is -0.496 e. The molecule has 164 valence electrons. The molecule has 0 aliphatic rings. The van der Waals surface area contributed by atoms with E-state index in [0.717, 1.165) is 50.1 Å². The molecule has 2 rings (SSSR count). The topological polar surface area (TPSA) is 50.8 Å². The first-order chi connectivity index (χ1) is 14.6. The summed E-state index contributed by atoms with van der Waals surface area (Å²) in [6.07, 6.45) is 4.01. The molecule has 0 atom stereocenters. The van der Waals surface area contributed by atoms with E-state index < -0.39 is 0 Å². The number of rotatable bonds is 13. The van der Waals surface area contributed by atoms with Gasteiger partial charge < -0.3 is 14.8 Å². The number of methoxy groups -OCH3 is 1. The van der Waals surface area contributed by atoms with Crippen LogP contribution in [0.2, 0.25) is 0 Å². The smallest absolute Gasteiger partial charge is 0.407 e. The van der Waals surface area contributed by atoms with Gasteiger partial charge in [-0.2, -0.15) is 0 Å². The fourth-order valence-electron chi connectivity index (χ4n) is 3.33. The van der Waals surface area contributed by atoms with Crippen molar-refractivity contribution in [2.24, 2.45) is 0 Å². The van der Waals surface area contributed by atoms with Gasteiger partial charge in [0.15, 0.2) is 0 Å². The van der Waals surface area contributed by atoms with Crippen LogP contribution in [-0.4, -0.2) is 37.2 Å². The number of nitrogens with zero attached hydrogens (tertiary/aromatic N) is 1. The Balaban J connectivity index is 1.57. The van der Waals surface area contributed by atoms with E-state index in [1.165, 1.54) is 5.56 Å². The monoisotopic (exact) mass is 412 g/mol. The third-order valence-electron chi connectivity index (χ3n) is 5.15. The summed E-state index contributed by atoms with van der Waals surface area (Å²) in [6, 6.07) is 18.4. The molecular weight excluding hydrogens is 376 g/mol. The number of para-hydroxylation sites is 1. The van der Waals surface area contributed by atoms with Crippen molar-refractivity contribution in [2.45, 2.75) is 58.7 Å². The Labute approximate surface area is 181 Å². The first kappa shape index (κ1) is 23.7. The molecule has 0 bridgehead atoms. The number of hydrogen-bond acceptors (Lipinski definition) is 4.